The van der Waals surface area contributed by atoms with Crippen LogP contribution in [0.2, 0.25) is 0 Å². The van der Waals surface area contributed by atoms with E-state index in [1.54, 1.807) is 20.8 Å². The normalized spacial score (nSPS) is 14.4. The molecule has 1 amide bonds. The number of rotatable bonds is 1. The SMILES string of the molecule is CC(=O)N[S@](=O)C(C)(C)C. The topological polar surface area (TPSA) is 46.2 Å². The van der Waals surface area contributed by atoms with E-state index < -0.39 is 11.0 Å². The molecule has 0 radical (unpaired) electrons. The third-order valence-corrected chi connectivity index (χ3v) is 2.38. The minimum atomic E-state index is -1.27. The third kappa shape index (κ3) is 3.61. The molecule has 0 aromatic heterocycles. The molecule has 10 heavy (non-hydrogen) atoms. The fourth-order valence-corrected chi connectivity index (χ4v) is 0.851. The van der Waals surface area contributed by atoms with Gasteiger partial charge in [-0.1, -0.05) is 0 Å². The molecule has 0 bridgehead atoms. The van der Waals surface area contributed by atoms with Gasteiger partial charge in [-0.3, -0.25) is 9.52 Å². The molecule has 0 heterocycles. The minimum Gasteiger partial charge on any atom is -0.275 e. The second-order valence-corrected chi connectivity index (χ2v) is 5.01. The van der Waals surface area contributed by atoms with Crippen LogP contribution >= 0.6 is 0 Å². The number of nitrogens with one attached hydrogen (secondary N) is 1. The van der Waals surface area contributed by atoms with Gasteiger partial charge in [-0.05, 0) is 20.8 Å². The first-order valence-corrected chi connectivity index (χ1v) is 4.18. The van der Waals surface area contributed by atoms with Crippen LogP contribution in [0, 0.1) is 0 Å². The van der Waals surface area contributed by atoms with Gasteiger partial charge >= 0.3 is 0 Å². The third-order valence-electron chi connectivity index (χ3n) is 0.793. The van der Waals surface area contributed by atoms with E-state index in [4.69, 9.17) is 0 Å². The molecular weight excluding hydrogens is 150 g/mol. The van der Waals surface area contributed by atoms with Gasteiger partial charge in [-0.2, -0.15) is 0 Å². The van der Waals surface area contributed by atoms with Crippen molar-refractivity contribution < 1.29 is 9.00 Å². The van der Waals surface area contributed by atoms with Crippen molar-refractivity contribution in [2.75, 3.05) is 0 Å². The van der Waals surface area contributed by atoms with Crippen LogP contribution in [0.5, 0.6) is 0 Å². The average molecular weight is 163 g/mol. The van der Waals surface area contributed by atoms with E-state index in [0.717, 1.165) is 0 Å². The molecule has 60 valence electrons. The first-order valence-electron chi connectivity index (χ1n) is 3.03. The van der Waals surface area contributed by atoms with E-state index >= 15 is 0 Å². The summed E-state index contributed by atoms with van der Waals surface area (Å²) < 4.78 is 13.0. The molecule has 0 spiro atoms. The summed E-state index contributed by atoms with van der Waals surface area (Å²) in [6.07, 6.45) is 0. The molecule has 3 nitrogen and oxygen atoms in total. The minimum absolute atomic E-state index is 0.256. The van der Waals surface area contributed by atoms with E-state index in [1.807, 2.05) is 0 Å². The van der Waals surface area contributed by atoms with Crippen LogP contribution < -0.4 is 4.72 Å². The lowest BCUT2D eigenvalue weighted by Gasteiger charge is -2.16. The van der Waals surface area contributed by atoms with Crippen molar-refractivity contribution in [2.24, 2.45) is 0 Å². The molecule has 0 unspecified atom stereocenters. The lowest BCUT2D eigenvalue weighted by atomic mass is 10.3. The monoisotopic (exact) mass is 163 g/mol. The molecule has 1 atom stereocenters. The summed E-state index contributed by atoms with van der Waals surface area (Å²) in [6.45, 7) is 6.76. The molecule has 1 N–H and O–H groups in total. The van der Waals surface area contributed by atoms with E-state index in [-0.39, 0.29) is 10.7 Å². The molecule has 0 aromatic rings. The molecule has 0 saturated heterocycles. The molecule has 0 aromatic carbocycles. The first kappa shape index (κ1) is 9.62. The second kappa shape index (κ2) is 3.14. The Hall–Kier alpha value is -0.380. The predicted molar refractivity (Wildman–Crippen MR) is 41.7 cm³/mol. The van der Waals surface area contributed by atoms with Crippen molar-refractivity contribution in [3.63, 3.8) is 0 Å². The van der Waals surface area contributed by atoms with Crippen molar-refractivity contribution in [1.82, 2.24) is 4.72 Å². The average Bonchev–Trinajstić information content (AvgIpc) is 1.60. The Morgan fingerprint density at radius 1 is 1.40 bits per heavy atom. The lowest BCUT2D eigenvalue weighted by molar-refractivity contribution is -0.117. The summed E-state index contributed by atoms with van der Waals surface area (Å²) in [7, 11) is -1.27. The maximum absolute atomic E-state index is 11.1. The number of hydrogen-bond donors (Lipinski definition) is 1. The van der Waals surface area contributed by atoms with Gasteiger partial charge in [0.15, 0.2) is 0 Å². The zero-order valence-corrected chi connectivity index (χ0v) is 7.54. The molecule has 0 aliphatic rings. The van der Waals surface area contributed by atoms with Crippen LogP contribution in [-0.4, -0.2) is 14.9 Å². The van der Waals surface area contributed by atoms with Crippen LogP contribution in [0.3, 0.4) is 0 Å². The van der Waals surface area contributed by atoms with Gasteiger partial charge in [0, 0.05) is 6.92 Å². The summed E-state index contributed by atoms with van der Waals surface area (Å²) >= 11 is 0. The van der Waals surface area contributed by atoms with Crippen LogP contribution in [-0.2, 0) is 15.8 Å². The van der Waals surface area contributed by atoms with E-state index in [0.29, 0.717) is 0 Å². The first-order chi connectivity index (χ1) is 4.34. The summed E-state index contributed by atoms with van der Waals surface area (Å²) in [5, 5.41) is 0. The van der Waals surface area contributed by atoms with Crippen LogP contribution in [0.4, 0.5) is 0 Å². The van der Waals surface area contributed by atoms with Gasteiger partial charge in [0.1, 0.15) is 11.0 Å². The largest absolute Gasteiger partial charge is 0.275 e. The van der Waals surface area contributed by atoms with Crippen LogP contribution in [0.25, 0.3) is 0 Å². The zero-order valence-electron chi connectivity index (χ0n) is 6.72. The fraction of sp³-hybridized carbons (Fsp3) is 0.833. The van der Waals surface area contributed by atoms with Crippen LogP contribution in [0.15, 0.2) is 0 Å². The Morgan fingerprint density at radius 3 is 1.90 bits per heavy atom. The molecule has 4 heteroatoms. The van der Waals surface area contributed by atoms with E-state index in [1.165, 1.54) is 6.92 Å². The highest BCUT2D eigenvalue weighted by Crippen LogP contribution is 2.07. The number of amides is 1. The highest BCUT2D eigenvalue weighted by molar-refractivity contribution is 7.85. The Labute approximate surface area is 63.8 Å². The van der Waals surface area contributed by atoms with E-state index in [2.05, 4.69) is 4.72 Å². The summed E-state index contributed by atoms with van der Waals surface area (Å²) in [6, 6.07) is 0. The second-order valence-electron chi connectivity index (χ2n) is 3.04. The molecule has 0 fully saturated rings. The molecular formula is C6H13NO2S. The molecule has 0 rings (SSSR count). The molecule has 0 aliphatic heterocycles. The number of hydrogen-bond acceptors (Lipinski definition) is 2. The van der Waals surface area contributed by atoms with Crippen molar-refractivity contribution >= 4 is 16.9 Å². The Morgan fingerprint density at radius 2 is 1.80 bits per heavy atom. The lowest BCUT2D eigenvalue weighted by Crippen LogP contribution is -2.35. The standard InChI is InChI=1S/C6H13NO2S/c1-5(8)7-10(9)6(2,3)4/h1-4H3,(H,7,8)/t10-/m1/s1. The smallest absolute Gasteiger partial charge is 0.228 e. The summed E-state index contributed by atoms with van der Waals surface area (Å²) in [4.78, 5) is 10.4. The van der Waals surface area contributed by atoms with Gasteiger partial charge in [-0.25, -0.2) is 4.21 Å². The summed E-state index contributed by atoms with van der Waals surface area (Å²) in [5.74, 6) is -0.256. The Balaban J connectivity index is 3.99. The maximum Gasteiger partial charge on any atom is 0.228 e. The van der Waals surface area contributed by atoms with Crippen molar-refractivity contribution in [2.45, 2.75) is 32.4 Å². The van der Waals surface area contributed by atoms with Crippen LogP contribution in [0.1, 0.15) is 27.7 Å². The van der Waals surface area contributed by atoms with Crippen molar-refractivity contribution in [3.8, 4) is 0 Å². The molecule has 0 aliphatic carbocycles. The van der Waals surface area contributed by atoms with Gasteiger partial charge < -0.3 is 0 Å². The van der Waals surface area contributed by atoms with Crippen molar-refractivity contribution in [3.05, 3.63) is 0 Å². The Bertz CT molecular complexity index is 160. The number of carbonyl (C=O) groups is 1. The maximum atomic E-state index is 11.1. The predicted octanol–water partition coefficient (Wildman–Crippen LogP) is 0.585. The highest BCUT2D eigenvalue weighted by atomic mass is 32.2. The van der Waals surface area contributed by atoms with Gasteiger partial charge in [-0.15, -0.1) is 0 Å². The Kier molecular flexibility index (Phi) is 3.02. The zero-order chi connectivity index (χ0) is 8.36. The van der Waals surface area contributed by atoms with Gasteiger partial charge in [0.05, 0.1) is 4.75 Å². The quantitative estimate of drug-likeness (QED) is 0.614. The van der Waals surface area contributed by atoms with Gasteiger partial charge in [0.25, 0.3) is 0 Å². The fourth-order valence-electron chi connectivity index (χ4n) is 0.284. The van der Waals surface area contributed by atoms with E-state index in [9.17, 15) is 9.00 Å². The number of carbonyl (C=O) groups excluding carboxylic acids is 1. The highest BCUT2D eigenvalue weighted by Gasteiger charge is 2.19. The van der Waals surface area contributed by atoms with Crippen molar-refractivity contribution in [1.29, 1.82) is 0 Å². The molecule has 0 saturated carbocycles. The summed E-state index contributed by atoms with van der Waals surface area (Å²) in [5.41, 5.74) is 0. The van der Waals surface area contributed by atoms with Gasteiger partial charge in [0.2, 0.25) is 5.91 Å².